The average Bonchev–Trinajstić information content (AvgIpc) is 3.08. The number of carbonyl (C=O) groups excluding carboxylic acids is 3. The van der Waals surface area contributed by atoms with Gasteiger partial charge in [-0.05, 0) is 27.7 Å². The van der Waals surface area contributed by atoms with E-state index in [1.165, 1.54) is 7.05 Å². The summed E-state index contributed by atoms with van der Waals surface area (Å²) in [6, 6.07) is 0. The Morgan fingerprint density at radius 2 is 1.70 bits per heavy atom. The van der Waals surface area contributed by atoms with Crippen molar-refractivity contribution in [3.63, 3.8) is 0 Å². The van der Waals surface area contributed by atoms with Gasteiger partial charge < -0.3 is 24.9 Å². The molecular formula is C18H22N2O6S. The summed E-state index contributed by atoms with van der Waals surface area (Å²) in [7, 11) is 1.46. The van der Waals surface area contributed by atoms with Gasteiger partial charge in [0.15, 0.2) is 0 Å². The number of nitrogens with one attached hydrogen (secondary N) is 1. The maximum Gasteiger partial charge on any atom is 0.342 e. The zero-order valence-electron chi connectivity index (χ0n) is 15.8. The largest absolute Gasteiger partial charge is 0.465 e. The monoisotopic (exact) mass is 394 g/mol. The molecule has 0 fully saturated rings. The number of carbonyl (C=O) groups is 3. The Morgan fingerprint density at radius 1 is 1.07 bits per heavy atom. The minimum atomic E-state index is -0.668. The molecule has 2 rings (SSSR count). The first-order valence-corrected chi connectivity index (χ1v) is 9.08. The molecule has 146 valence electrons. The number of thiophene rings is 1. The fourth-order valence-corrected chi connectivity index (χ4v) is 3.66. The minimum absolute atomic E-state index is 0.0464. The van der Waals surface area contributed by atoms with Crippen molar-refractivity contribution >= 4 is 34.2 Å². The number of hydrogen-bond donors (Lipinski definition) is 2. The Bertz CT molecular complexity index is 896. The summed E-state index contributed by atoms with van der Waals surface area (Å²) < 4.78 is 15.8. The number of aryl methyl sites for hydroxylation is 2. The predicted octanol–water partition coefficient (Wildman–Crippen LogP) is 2.74. The first-order valence-electron chi connectivity index (χ1n) is 8.26. The van der Waals surface area contributed by atoms with Gasteiger partial charge in [-0.2, -0.15) is 0 Å². The Morgan fingerprint density at radius 3 is 2.22 bits per heavy atom. The van der Waals surface area contributed by atoms with Crippen LogP contribution in [0.4, 0.5) is 5.00 Å². The lowest BCUT2D eigenvalue weighted by molar-refractivity contribution is 0.0447. The fourth-order valence-electron chi connectivity index (χ4n) is 2.65. The van der Waals surface area contributed by atoms with Gasteiger partial charge in [-0.15, -0.1) is 11.3 Å². The van der Waals surface area contributed by atoms with Crippen LogP contribution in [0.2, 0.25) is 0 Å². The number of anilines is 1. The normalized spacial score (nSPS) is 10.6. The molecule has 9 heteroatoms. The molecule has 0 saturated carbocycles. The Hall–Kier alpha value is -2.81. The van der Waals surface area contributed by atoms with E-state index in [0.29, 0.717) is 22.6 Å². The van der Waals surface area contributed by atoms with Crippen molar-refractivity contribution < 1.29 is 28.3 Å². The van der Waals surface area contributed by atoms with Crippen LogP contribution in [0, 0.1) is 20.8 Å². The number of amides is 1. The average molecular weight is 394 g/mol. The van der Waals surface area contributed by atoms with Gasteiger partial charge >= 0.3 is 11.9 Å². The summed E-state index contributed by atoms with van der Waals surface area (Å²) in [5.74, 6) is -0.641. The van der Waals surface area contributed by atoms with Crippen LogP contribution in [-0.4, -0.2) is 31.5 Å². The van der Waals surface area contributed by atoms with Gasteiger partial charge in [0.25, 0.3) is 5.91 Å². The van der Waals surface area contributed by atoms with E-state index in [1.807, 2.05) is 0 Å². The SMILES string of the molecule is CCOC(=O)c1c(N)sc(C(=O)NC)c1COC(=O)c1c(C)oc(C)c1C. The van der Waals surface area contributed by atoms with Crippen molar-refractivity contribution in [1.29, 1.82) is 0 Å². The molecule has 3 N–H and O–H groups in total. The lowest BCUT2D eigenvalue weighted by atomic mass is 10.1. The van der Waals surface area contributed by atoms with Gasteiger partial charge in [0, 0.05) is 18.2 Å². The van der Waals surface area contributed by atoms with Crippen molar-refractivity contribution in [2.45, 2.75) is 34.3 Å². The Labute approximate surface area is 160 Å². The molecule has 2 aromatic rings. The number of ether oxygens (including phenoxy) is 2. The molecule has 0 aliphatic rings. The van der Waals surface area contributed by atoms with Gasteiger partial charge in [0.2, 0.25) is 0 Å². The topological polar surface area (TPSA) is 121 Å². The van der Waals surface area contributed by atoms with Crippen molar-refractivity contribution in [3.05, 3.63) is 38.7 Å². The summed E-state index contributed by atoms with van der Waals surface area (Å²) in [6.07, 6.45) is 0. The quantitative estimate of drug-likeness (QED) is 0.723. The molecule has 0 spiro atoms. The van der Waals surface area contributed by atoms with Crippen molar-refractivity contribution in [3.8, 4) is 0 Å². The molecule has 8 nitrogen and oxygen atoms in total. The van der Waals surface area contributed by atoms with Crippen LogP contribution in [0.25, 0.3) is 0 Å². The zero-order valence-corrected chi connectivity index (χ0v) is 16.7. The second-order valence-corrected chi connectivity index (χ2v) is 6.79. The van der Waals surface area contributed by atoms with E-state index in [2.05, 4.69) is 5.32 Å². The van der Waals surface area contributed by atoms with E-state index >= 15 is 0 Å². The summed E-state index contributed by atoms with van der Waals surface area (Å²) in [4.78, 5) is 37.1. The summed E-state index contributed by atoms with van der Waals surface area (Å²) >= 11 is 0.941. The first kappa shape index (κ1) is 20.5. The second kappa shape index (κ2) is 8.26. The molecule has 0 saturated heterocycles. The molecule has 27 heavy (non-hydrogen) atoms. The van der Waals surface area contributed by atoms with E-state index < -0.39 is 17.8 Å². The van der Waals surface area contributed by atoms with E-state index in [4.69, 9.17) is 19.6 Å². The first-order chi connectivity index (χ1) is 12.7. The Balaban J connectivity index is 2.37. The van der Waals surface area contributed by atoms with Crippen molar-refractivity contribution in [1.82, 2.24) is 5.32 Å². The van der Waals surface area contributed by atoms with Gasteiger partial charge in [-0.25, -0.2) is 9.59 Å². The molecule has 1 amide bonds. The molecule has 0 aromatic carbocycles. The van der Waals surface area contributed by atoms with Crippen molar-refractivity contribution in [2.24, 2.45) is 0 Å². The number of nitrogens with two attached hydrogens (primary N) is 1. The Kier molecular flexibility index (Phi) is 6.27. The maximum atomic E-state index is 12.5. The predicted molar refractivity (Wildman–Crippen MR) is 100 cm³/mol. The summed E-state index contributed by atoms with van der Waals surface area (Å²) in [6.45, 7) is 6.68. The molecular weight excluding hydrogens is 372 g/mol. The molecule has 2 heterocycles. The van der Waals surface area contributed by atoms with E-state index in [1.54, 1.807) is 27.7 Å². The van der Waals surface area contributed by atoms with Crippen LogP contribution in [0.1, 0.15) is 60.0 Å². The van der Waals surface area contributed by atoms with Gasteiger partial charge in [0.1, 0.15) is 39.1 Å². The van der Waals surface area contributed by atoms with Crippen LogP contribution < -0.4 is 11.1 Å². The molecule has 2 aromatic heterocycles. The smallest absolute Gasteiger partial charge is 0.342 e. The highest BCUT2D eigenvalue weighted by Gasteiger charge is 2.28. The lowest BCUT2D eigenvalue weighted by Gasteiger charge is -2.09. The second-order valence-electron chi connectivity index (χ2n) is 5.74. The molecule has 0 aliphatic heterocycles. The van der Waals surface area contributed by atoms with Crippen LogP contribution in [0.15, 0.2) is 4.42 Å². The maximum absolute atomic E-state index is 12.5. The molecule has 0 bridgehead atoms. The summed E-state index contributed by atoms with van der Waals surface area (Å²) in [5, 5.41) is 2.61. The highest BCUT2D eigenvalue weighted by atomic mass is 32.1. The van der Waals surface area contributed by atoms with Crippen LogP contribution in [-0.2, 0) is 16.1 Å². The number of hydrogen-bond acceptors (Lipinski definition) is 8. The summed E-state index contributed by atoms with van der Waals surface area (Å²) in [5.41, 5.74) is 7.19. The van der Waals surface area contributed by atoms with E-state index in [0.717, 1.165) is 11.3 Å². The van der Waals surface area contributed by atoms with Crippen LogP contribution in [0.3, 0.4) is 0 Å². The van der Waals surface area contributed by atoms with Gasteiger partial charge in [-0.1, -0.05) is 0 Å². The molecule has 0 atom stereocenters. The number of nitrogen functional groups attached to an aromatic ring is 1. The van der Waals surface area contributed by atoms with Crippen LogP contribution >= 0.6 is 11.3 Å². The molecule has 0 radical (unpaired) electrons. The molecule has 0 unspecified atom stereocenters. The highest BCUT2D eigenvalue weighted by Crippen LogP contribution is 2.33. The zero-order chi connectivity index (χ0) is 20.3. The van der Waals surface area contributed by atoms with Gasteiger partial charge in [0.05, 0.1) is 6.61 Å². The molecule has 0 aliphatic carbocycles. The van der Waals surface area contributed by atoms with E-state index in [9.17, 15) is 14.4 Å². The number of furan rings is 1. The highest BCUT2D eigenvalue weighted by molar-refractivity contribution is 7.18. The van der Waals surface area contributed by atoms with Crippen molar-refractivity contribution in [2.75, 3.05) is 19.4 Å². The fraction of sp³-hybridized carbons (Fsp3) is 0.389. The third kappa shape index (κ3) is 3.97. The third-order valence-electron chi connectivity index (χ3n) is 4.06. The number of esters is 2. The van der Waals surface area contributed by atoms with Crippen LogP contribution in [0.5, 0.6) is 0 Å². The third-order valence-corrected chi connectivity index (χ3v) is 5.12. The minimum Gasteiger partial charge on any atom is -0.465 e. The standard InChI is InChI=1S/C18H22N2O6S/c1-6-24-18(23)13-11(14(16(21)20-5)27-15(13)19)7-25-17(22)12-8(2)9(3)26-10(12)4/h6-7,19H2,1-5H3,(H,20,21). The number of rotatable bonds is 6. The van der Waals surface area contributed by atoms with E-state index in [-0.39, 0.29) is 34.2 Å². The lowest BCUT2D eigenvalue weighted by Crippen LogP contribution is -2.20. The van der Waals surface area contributed by atoms with Gasteiger partial charge in [-0.3, -0.25) is 4.79 Å².